The molecule has 0 bridgehead atoms. The lowest BCUT2D eigenvalue weighted by Crippen LogP contribution is -2.51. The highest BCUT2D eigenvalue weighted by Crippen LogP contribution is 2.33. The summed E-state index contributed by atoms with van der Waals surface area (Å²) >= 11 is 0. The molecule has 120 valence electrons. The number of carbonyl (C=O) groups excluding carboxylic acids is 1. The molecule has 21 heavy (non-hydrogen) atoms. The minimum Gasteiger partial charge on any atom is -0.369 e. The number of likely N-dealkylation sites (N-methyl/N-ethyl adjacent to an activating group) is 1. The predicted octanol–water partition coefficient (Wildman–Crippen LogP) is 0.257. The van der Waals surface area contributed by atoms with Gasteiger partial charge in [-0.1, -0.05) is 0 Å². The minimum absolute atomic E-state index is 0.259. The lowest BCUT2D eigenvalue weighted by atomic mass is 10.3. The molecular weight excluding hydrogens is 293 g/mol. The van der Waals surface area contributed by atoms with Crippen molar-refractivity contribution < 1.29 is 27.8 Å². The standard InChI is InChI=1S/C11H17F3N4O3/c1-4-21-9-8(19)18(10(20)16(9)2)7-5-6(11(12,13)14)17(3)15-7/h5,7-9,15,19H,4H2,1-3H3. The van der Waals surface area contributed by atoms with E-state index in [1.165, 1.54) is 14.1 Å². The quantitative estimate of drug-likeness (QED) is 0.782. The molecule has 0 spiro atoms. The fourth-order valence-corrected chi connectivity index (χ4v) is 2.39. The van der Waals surface area contributed by atoms with Crippen LogP contribution in [-0.2, 0) is 4.74 Å². The van der Waals surface area contributed by atoms with E-state index in [9.17, 15) is 23.1 Å². The number of hydrogen-bond donors (Lipinski definition) is 2. The molecule has 0 aliphatic carbocycles. The third-order valence-electron chi connectivity index (χ3n) is 3.37. The summed E-state index contributed by atoms with van der Waals surface area (Å²) < 4.78 is 43.6. The first-order valence-electron chi connectivity index (χ1n) is 6.32. The van der Waals surface area contributed by atoms with Crippen LogP contribution in [0.15, 0.2) is 11.8 Å². The van der Waals surface area contributed by atoms with E-state index in [4.69, 9.17) is 4.74 Å². The molecule has 2 aliphatic heterocycles. The van der Waals surface area contributed by atoms with Crippen LogP contribution in [0.25, 0.3) is 0 Å². The predicted molar refractivity (Wildman–Crippen MR) is 65.2 cm³/mol. The first-order valence-corrected chi connectivity index (χ1v) is 6.32. The lowest BCUT2D eigenvalue weighted by molar-refractivity contribution is -0.114. The van der Waals surface area contributed by atoms with Crippen molar-refractivity contribution in [1.29, 1.82) is 0 Å². The maximum Gasteiger partial charge on any atom is 0.432 e. The maximum atomic E-state index is 12.8. The summed E-state index contributed by atoms with van der Waals surface area (Å²) in [5, 5.41) is 10.9. The number of nitrogens with one attached hydrogen (secondary N) is 1. The Morgan fingerprint density at radius 1 is 1.43 bits per heavy atom. The highest BCUT2D eigenvalue weighted by atomic mass is 19.4. The Hall–Kier alpha value is -1.52. The first kappa shape index (κ1) is 15.9. The second kappa shape index (κ2) is 5.35. The summed E-state index contributed by atoms with van der Waals surface area (Å²) in [5.41, 5.74) is 1.56. The number of hydrazine groups is 1. The van der Waals surface area contributed by atoms with E-state index in [-0.39, 0.29) is 6.61 Å². The van der Waals surface area contributed by atoms with Gasteiger partial charge in [-0.3, -0.25) is 9.80 Å². The molecule has 1 saturated heterocycles. The molecule has 0 aromatic carbocycles. The number of aliphatic hydroxyl groups is 1. The zero-order valence-corrected chi connectivity index (χ0v) is 11.8. The number of alkyl halides is 3. The average molecular weight is 310 g/mol. The van der Waals surface area contributed by atoms with Gasteiger partial charge >= 0.3 is 12.2 Å². The zero-order valence-electron chi connectivity index (χ0n) is 11.8. The number of halogens is 3. The summed E-state index contributed by atoms with van der Waals surface area (Å²) in [7, 11) is 2.61. The van der Waals surface area contributed by atoms with Crippen molar-refractivity contribution in [3.8, 4) is 0 Å². The Morgan fingerprint density at radius 3 is 2.52 bits per heavy atom. The lowest BCUT2D eigenvalue weighted by Gasteiger charge is -2.27. The second-order valence-electron chi connectivity index (χ2n) is 4.74. The molecule has 2 amide bonds. The van der Waals surface area contributed by atoms with Crippen LogP contribution in [0.5, 0.6) is 0 Å². The number of allylic oxidation sites excluding steroid dienone is 1. The van der Waals surface area contributed by atoms with Gasteiger partial charge in [-0.2, -0.15) is 13.2 Å². The Morgan fingerprint density at radius 2 is 2.05 bits per heavy atom. The van der Waals surface area contributed by atoms with E-state index in [1.54, 1.807) is 6.92 Å². The van der Waals surface area contributed by atoms with Crippen molar-refractivity contribution >= 4 is 6.03 Å². The molecule has 3 atom stereocenters. The van der Waals surface area contributed by atoms with Crippen LogP contribution in [0.2, 0.25) is 0 Å². The molecule has 2 rings (SSSR count). The van der Waals surface area contributed by atoms with E-state index in [0.29, 0.717) is 0 Å². The summed E-state index contributed by atoms with van der Waals surface area (Å²) in [4.78, 5) is 14.2. The van der Waals surface area contributed by atoms with Gasteiger partial charge in [-0.15, -0.1) is 0 Å². The van der Waals surface area contributed by atoms with Crippen LogP contribution in [0.3, 0.4) is 0 Å². The molecule has 0 aromatic heterocycles. The number of urea groups is 1. The molecule has 0 radical (unpaired) electrons. The molecular formula is C11H17F3N4O3. The van der Waals surface area contributed by atoms with Gasteiger partial charge in [-0.25, -0.2) is 10.2 Å². The molecule has 0 aromatic rings. The van der Waals surface area contributed by atoms with E-state index in [0.717, 1.165) is 20.9 Å². The van der Waals surface area contributed by atoms with Gasteiger partial charge in [0.05, 0.1) is 0 Å². The maximum absolute atomic E-state index is 12.8. The van der Waals surface area contributed by atoms with Crippen LogP contribution in [0.4, 0.5) is 18.0 Å². The van der Waals surface area contributed by atoms with Gasteiger partial charge in [0.25, 0.3) is 0 Å². The summed E-state index contributed by atoms with van der Waals surface area (Å²) in [6, 6.07) is -0.619. The minimum atomic E-state index is -4.55. The van der Waals surface area contributed by atoms with E-state index in [2.05, 4.69) is 5.43 Å². The molecule has 2 heterocycles. The smallest absolute Gasteiger partial charge is 0.369 e. The van der Waals surface area contributed by atoms with E-state index in [1.807, 2.05) is 0 Å². The van der Waals surface area contributed by atoms with Gasteiger partial charge in [0.2, 0.25) is 0 Å². The Bertz CT molecular complexity index is 456. The number of aliphatic hydroxyl groups excluding tert-OH is 1. The van der Waals surface area contributed by atoms with Crippen LogP contribution in [0.1, 0.15) is 6.92 Å². The van der Waals surface area contributed by atoms with Gasteiger partial charge in [0.1, 0.15) is 11.9 Å². The number of rotatable bonds is 3. The number of ether oxygens (including phenoxy) is 1. The van der Waals surface area contributed by atoms with Crippen LogP contribution >= 0.6 is 0 Å². The third kappa shape index (κ3) is 2.65. The van der Waals surface area contributed by atoms with Gasteiger partial charge in [0, 0.05) is 20.7 Å². The fourth-order valence-electron chi connectivity index (χ4n) is 2.39. The van der Waals surface area contributed by atoms with Crippen molar-refractivity contribution in [1.82, 2.24) is 20.2 Å². The third-order valence-corrected chi connectivity index (χ3v) is 3.37. The average Bonchev–Trinajstić information content (AvgIpc) is 2.84. The molecule has 3 unspecified atom stereocenters. The summed E-state index contributed by atoms with van der Waals surface area (Å²) in [5.74, 6) is 0. The molecule has 0 saturated carbocycles. The van der Waals surface area contributed by atoms with E-state index < -0.39 is 36.5 Å². The van der Waals surface area contributed by atoms with Crippen molar-refractivity contribution in [2.24, 2.45) is 0 Å². The van der Waals surface area contributed by atoms with Crippen LogP contribution in [-0.4, -0.2) is 71.4 Å². The topological polar surface area (TPSA) is 68.3 Å². The largest absolute Gasteiger partial charge is 0.432 e. The normalized spacial score (nSPS) is 30.4. The Kier molecular flexibility index (Phi) is 4.04. The van der Waals surface area contributed by atoms with Crippen LogP contribution < -0.4 is 5.43 Å². The number of nitrogens with zero attached hydrogens (tertiary/aromatic N) is 3. The number of hydrogen-bond acceptors (Lipinski definition) is 5. The van der Waals surface area contributed by atoms with Gasteiger partial charge in [0.15, 0.2) is 12.5 Å². The first-order chi connectivity index (χ1) is 9.68. The van der Waals surface area contributed by atoms with Crippen molar-refractivity contribution in [2.45, 2.75) is 31.7 Å². The monoisotopic (exact) mass is 310 g/mol. The molecule has 1 fully saturated rings. The highest BCUT2D eigenvalue weighted by molar-refractivity contribution is 5.77. The summed E-state index contributed by atoms with van der Waals surface area (Å²) in [6.45, 7) is 1.95. The number of amides is 2. The van der Waals surface area contributed by atoms with Crippen molar-refractivity contribution in [2.75, 3.05) is 20.7 Å². The molecule has 2 N–H and O–H groups in total. The van der Waals surface area contributed by atoms with Gasteiger partial charge < -0.3 is 14.9 Å². The van der Waals surface area contributed by atoms with Crippen molar-refractivity contribution in [3.63, 3.8) is 0 Å². The Labute approximate surface area is 119 Å². The van der Waals surface area contributed by atoms with Gasteiger partial charge in [-0.05, 0) is 13.0 Å². The molecule has 7 nitrogen and oxygen atoms in total. The van der Waals surface area contributed by atoms with Crippen LogP contribution in [0, 0.1) is 0 Å². The van der Waals surface area contributed by atoms with Crippen molar-refractivity contribution in [3.05, 3.63) is 11.8 Å². The molecule has 10 heteroatoms. The summed E-state index contributed by atoms with van der Waals surface area (Å²) in [6.07, 6.45) is -7.07. The zero-order chi connectivity index (χ0) is 15.9. The highest BCUT2D eigenvalue weighted by Gasteiger charge is 2.50. The van der Waals surface area contributed by atoms with E-state index >= 15 is 0 Å². The Balaban J connectivity index is 2.23. The second-order valence-corrected chi connectivity index (χ2v) is 4.74. The fraction of sp³-hybridized carbons (Fsp3) is 0.727. The SMILES string of the molecule is CCOC1C(O)N(C2C=C(C(F)(F)F)N(C)N2)C(=O)N1C. The molecule has 2 aliphatic rings. The number of carbonyl (C=O) groups is 1.